The van der Waals surface area contributed by atoms with Gasteiger partial charge in [-0.05, 0) is 30.3 Å². The van der Waals surface area contributed by atoms with Crippen molar-refractivity contribution in [3.8, 4) is 17.0 Å². The number of carbonyl (C=O) groups excluding carboxylic acids is 1. The number of nitrogens with one attached hydrogen (secondary N) is 1. The van der Waals surface area contributed by atoms with Crippen LogP contribution in [-0.2, 0) is 19.0 Å². The van der Waals surface area contributed by atoms with E-state index >= 15 is 0 Å². The van der Waals surface area contributed by atoms with E-state index in [1.807, 2.05) is 30.3 Å². The molecule has 4 atom stereocenters. The number of anilines is 1. The third kappa shape index (κ3) is 3.91. The predicted octanol–water partition coefficient (Wildman–Crippen LogP) is 0.601. The van der Waals surface area contributed by atoms with Crippen LogP contribution in [-0.4, -0.2) is 67.2 Å². The summed E-state index contributed by atoms with van der Waals surface area (Å²) in [7, 11) is 1.63. The van der Waals surface area contributed by atoms with Gasteiger partial charge in [0.15, 0.2) is 0 Å². The second-order valence-electron chi connectivity index (χ2n) is 6.66. The van der Waals surface area contributed by atoms with Crippen LogP contribution in [0.25, 0.3) is 11.3 Å². The highest BCUT2D eigenvalue weighted by molar-refractivity contribution is 5.75. The number of hydrogen-bond donors (Lipinski definition) is 2. The Morgan fingerprint density at radius 1 is 1.21 bits per heavy atom. The van der Waals surface area contributed by atoms with E-state index in [2.05, 4.69) is 15.3 Å². The SMILES string of the molecule is COc1ccc(-c2ccnc(N[C@H]3CO[C@H]4[C@@H]3OC[C@H]4OCC(N)=O)n2)cc1. The van der Waals surface area contributed by atoms with Crippen molar-refractivity contribution in [3.63, 3.8) is 0 Å². The molecule has 0 aliphatic carbocycles. The zero-order valence-corrected chi connectivity index (χ0v) is 15.4. The van der Waals surface area contributed by atoms with E-state index in [0.717, 1.165) is 17.0 Å². The number of aromatic nitrogens is 2. The van der Waals surface area contributed by atoms with Crippen LogP contribution in [0.3, 0.4) is 0 Å². The zero-order chi connectivity index (χ0) is 19.5. The van der Waals surface area contributed by atoms with Gasteiger partial charge in [0.05, 0.1) is 32.1 Å². The Hall–Kier alpha value is -2.75. The Labute approximate surface area is 162 Å². The predicted molar refractivity (Wildman–Crippen MR) is 99.8 cm³/mol. The van der Waals surface area contributed by atoms with Crippen LogP contribution in [0.15, 0.2) is 36.5 Å². The largest absolute Gasteiger partial charge is 0.497 e. The summed E-state index contributed by atoms with van der Waals surface area (Å²) in [5.74, 6) is 0.768. The molecule has 1 aromatic heterocycles. The second-order valence-corrected chi connectivity index (χ2v) is 6.66. The van der Waals surface area contributed by atoms with Crippen molar-refractivity contribution in [2.75, 3.05) is 32.2 Å². The van der Waals surface area contributed by atoms with Gasteiger partial charge in [-0.25, -0.2) is 9.97 Å². The first-order chi connectivity index (χ1) is 13.6. The average molecular weight is 386 g/mol. The monoisotopic (exact) mass is 386 g/mol. The van der Waals surface area contributed by atoms with Gasteiger partial charge >= 0.3 is 0 Å². The first-order valence-electron chi connectivity index (χ1n) is 9.01. The second kappa shape index (κ2) is 8.09. The van der Waals surface area contributed by atoms with Crippen LogP contribution >= 0.6 is 0 Å². The fourth-order valence-corrected chi connectivity index (χ4v) is 3.44. The third-order valence-electron chi connectivity index (χ3n) is 4.80. The highest BCUT2D eigenvalue weighted by atomic mass is 16.6. The highest BCUT2D eigenvalue weighted by Gasteiger charge is 2.48. The minimum atomic E-state index is -0.514. The minimum absolute atomic E-state index is 0.113. The van der Waals surface area contributed by atoms with Crippen LogP contribution in [0.1, 0.15) is 0 Å². The lowest BCUT2D eigenvalue weighted by Gasteiger charge is -2.18. The van der Waals surface area contributed by atoms with Gasteiger partial charge in [0.25, 0.3) is 0 Å². The molecule has 2 aliphatic rings. The molecule has 0 saturated carbocycles. The maximum atomic E-state index is 10.9. The first kappa shape index (κ1) is 18.6. The molecule has 2 fully saturated rings. The van der Waals surface area contributed by atoms with Crippen LogP contribution < -0.4 is 15.8 Å². The van der Waals surface area contributed by atoms with Gasteiger partial charge in [-0.2, -0.15) is 0 Å². The standard InChI is InChI=1S/C19H22N4O5/c1-25-12-4-2-11(3-5-12)13-6-7-21-19(22-13)23-14-8-27-18-15(9-28-17(14)18)26-10-16(20)24/h2-7,14-15,17-18H,8-10H2,1H3,(H2,20,24)(H,21,22,23)/t14-,15+,17+,18+/m0/s1. The molecule has 9 nitrogen and oxygen atoms in total. The molecule has 28 heavy (non-hydrogen) atoms. The van der Waals surface area contributed by atoms with Gasteiger partial charge in [-0.1, -0.05) is 0 Å². The van der Waals surface area contributed by atoms with Gasteiger partial charge in [0.2, 0.25) is 11.9 Å². The normalized spacial score (nSPS) is 26.0. The van der Waals surface area contributed by atoms with Crippen LogP contribution in [0, 0.1) is 0 Å². The molecule has 1 amide bonds. The summed E-state index contributed by atoms with van der Waals surface area (Å²) < 4.78 is 22.3. The van der Waals surface area contributed by atoms with Gasteiger partial charge in [0, 0.05) is 11.8 Å². The van der Waals surface area contributed by atoms with Crippen LogP contribution in [0.2, 0.25) is 0 Å². The molecule has 0 spiro atoms. The molecule has 0 unspecified atom stereocenters. The van der Waals surface area contributed by atoms with Crippen molar-refractivity contribution in [2.45, 2.75) is 24.4 Å². The maximum absolute atomic E-state index is 10.9. The number of carbonyl (C=O) groups is 1. The maximum Gasteiger partial charge on any atom is 0.243 e. The van der Waals surface area contributed by atoms with Crippen molar-refractivity contribution < 1.29 is 23.7 Å². The summed E-state index contributed by atoms with van der Waals surface area (Å²) in [6.07, 6.45) is 0.944. The topological polar surface area (TPSA) is 118 Å². The Morgan fingerprint density at radius 2 is 2.00 bits per heavy atom. The molecule has 3 heterocycles. The number of benzene rings is 1. The number of fused-ring (bicyclic) bond motifs is 1. The summed E-state index contributed by atoms with van der Waals surface area (Å²) in [5.41, 5.74) is 6.89. The summed E-state index contributed by atoms with van der Waals surface area (Å²) in [6.45, 7) is 0.640. The average Bonchev–Trinajstić information content (AvgIpc) is 3.30. The lowest BCUT2D eigenvalue weighted by molar-refractivity contribution is -0.126. The summed E-state index contributed by atoms with van der Waals surface area (Å²) in [4.78, 5) is 19.8. The van der Waals surface area contributed by atoms with Gasteiger partial charge in [-0.15, -0.1) is 0 Å². The molecule has 2 saturated heterocycles. The van der Waals surface area contributed by atoms with E-state index in [1.54, 1.807) is 13.3 Å². The van der Waals surface area contributed by atoms with E-state index in [0.29, 0.717) is 19.2 Å². The molecule has 9 heteroatoms. The van der Waals surface area contributed by atoms with E-state index in [9.17, 15) is 4.79 Å². The van der Waals surface area contributed by atoms with Crippen molar-refractivity contribution >= 4 is 11.9 Å². The Bertz CT molecular complexity index is 831. The molecular formula is C19H22N4O5. The smallest absolute Gasteiger partial charge is 0.243 e. The van der Waals surface area contributed by atoms with E-state index in [4.69, 9.17) is 24.7 Å². The summed E-state index contributed by atoms with van der Waals surface area (Å²) in [6, 6.07) is 9.40. The highest BCUT2D eigenvalue weighted by Crippen LogP contribution is 2.30. The number of primary amides is 1. The van der Waals surface area contributed by atoms with E-state index in [1.165, 1.54) is 0 Å². The Morgan fingerprint density at radius 3 is 2.75 bits per heavy atom. The molecule has 3 N–H and O–H groups in total. The molecule has 2 aromatic rings. The fourth-order valence-electron chi connectivity index (χ4n) is 3.44. The molecule has 1 aromatic carbocycles. The van der Waals surface area contributed by atoms with Crippen molar-refractivity contribution in [3.05, 3.63) is 36.5 Å². The molecule has 2 aliphatic heterocycles. The first-order valence-corrected chi connectivity index (χ1v) is 9.01. The zero-order valence-electron chi connectivity index (χ0n) is 15.4. The molecule has 0 radical (unpaired) electrons. The molecule has 4 rings (SSSR count). The van der Waals surface area contributed by atoms with Crippen molar-refractivity contribution in [1.29, 1.82) is 0 Å². The van der Waals surface area contributed by atoms with E-state index < -0.39 is 5.91 Å². The van der Waals surface area contributed by atoms with Crippen LogP contribution in [0.5, 0.6) is 5.75 Å². The minimum Gasteiger partial charge on any atom is -0.497 e. The summed E-state index contributed by atoms with van der Waals surface area (Å²) >= 11 is 0. The lowest BCUT2D eigenvalue weighted by atomic mass is 10.1. The number of hydrogen-bond acceptors (Lipinski definition) is 8. The number of rotatable bonds is 7. The number of ether oxygens (including phenoxy) is 4. The Balaban J connectivity index is 1.42. The van der Waals surface area contributed by atoms with Crippen LogP contribution in [0.4, 0.5) is 5.95 Å². The third-order valence-corrected chi connectivity index (χ3v) is 4.80. The van der Waals surface area contributed by atoms with E-state index in [-0.39, 0.29) is 31.0 Å². The lowest BCUT2D eigenvalue weighted by Crippen LogP contribution is -2.37. The number of nitrogens with two attached hydrogens (primary N) is 1. The van der Waals surface area contributed by atoms with Gasteiger partial charge in [-0.3, -0.25) is 4.79 Å². The molecule has 148 valence electrons. The van der Waals surface area contributed by atoms with Gasteiger partial charge in [0.1, 0.15) is 30.7 Å². The number of amides is 1. The molecular weight excluding hydrogens is 364 g/mol. The van der Waals surface area contributed by atoms with Crippen molar-refractivity contribution in [1.82, 2.24) is 9.97 Å². The summed E-state index contributed by atoms with van der Waals surface area (Å²) in [5, 5.41) is 3.29. The van der Waals surface area contributed by atoms with Gasteiger partial charge < -0.3 is 30.0 Å². The van der Waals surface area contributed by atoms with Crippen molar-refractivity contribution in [2.24, 2.45) is 5.73 Å². The number of nitrogens with zero attached hydrogens (tertiary/aromatic N) is 2. The fraction of sp³-hybridized carbons (Fsp3) is 0.421. The molecule has 0 bridgehead atoms. The quantitative estimate of drug-likeness (QED) is 0.710. The number of methoxy groups -OCH3 is 1. The Kier molecular flexibility index (Phi) is 5.38.